The summed E-state index contributed by atoms with van der Waals surface area (Å²) >= 11 is 0. The van der Waals surface area contributed by atoms with E-state index >= 15 is 0 Å². The molecule has 1 aliphatic rings. The number of aliphatic hydroxyl groups excluding tert-OH is 3. The van der Waals surface area contributed by atoms with E-state index in [1.165, 1.54) is 0 Å². The maximum Gasteiger partial charge on any atom is 0.168 e. The predicted octanol–water partition coefficient (Wildman–Crippen LogP) is -0.720. The molecular weight excluding hydrogens is 236 g/mol. The van der Waals surface area contributed by atoms with Gasteiger partial charge in [-0.25, -0.2) is 0 Å². The van der Waals surface area contributed by atoms with Crippen LogP contribution in [0.15, 0.2) is 30.3 Å². The van der Waals surface area contributed by atoms with Crippen LogP contribution in [-0.4, -0.2) is 52.1 Å². The first kappa shape index (κ1) is 13.2. The van der Waals surface area contributed by atoms with Crippen molar-refractivity contribution in [1.29, 1.82) is 0 Å². The zero-order valence-electron chi connectivity index (χ0n) is 9.77. The van der Waals surface area contributed by atoms with Crippen molar-refractivity contribution in [2.24, 2.45) is 0 Å². The van der Waals surface area contributed by atoms with Gasteiger partial charge in [-0.05, 0) is 5.56 Å². The predicted molar refractivity (Wildman–Crippen MR) is 62.9 cm³/mol. The average Bonchev–Trinajstić information content (AvgIpc) is 2.37. The Morgan fingerprint density at radius 2 is 1.83 bits per heavy atom. The normalized spacial score (nSPS) is 32.2. The highest BCUT2D eigenvalue weighted by Crippen LogP contribution is 2.17. The second-order valence-corrected chi connectivity index (χ2v) is 4.43. The van der Waals surface area contributed by atoms with Crippen LogP contribution in [0, 0.1) is 0 Å². The Labute approximate surface area is 105 Å². The molecule has 5 heteroatoms. The first-order valence-electron chi connectivity index (χ1n) is 5.82. The summed E-state index contributed by atoms with van der Waals surface area (Å²) in [5, 5.41) is 28.5. The number of benzene rings is 1. The van der Waals surface area contributed by atoms with Crippen molar-refractivity contribution in [3.63, 3.8) is 0 Å². The minimum Gasteiger partial charge on any atom is -0.388 e. The fourth-order valence-corrected chi connectivity index (χ4v) is 1.99. The zero-order chi connectivity index (χ0) is 13.1. The second kappa shape index (κ2) is 5.58. The van der Waals surface area contributed by atoms with Crippen LogP contribution in [0.25, 0.3) is 0 Å². The molecule has 0 aliphatic carbocycles. The van der Waals surface area contributed by atoms with Gasteiger partial charge in [0.1, 0.15) is 24.4 Å². The Hall–Kier alpha value is -1.27. The van der Waals surface area contributed by atoms with Crippen LogP contribution in [0.5, 0.6) is 0 Å². The summed E-state index contributed by atoms with van der Waals surface area (Å²) in [5.41, 5.74) is 0.818. The second-order valence-electron chi connectivity index (χ2n) is 4.43. The lowest BCUT2D eigenvalue weighted by Crippen LogP contribution is -2.55. The topological polar surface area (TPSA) is 87.0 Å². The van der Waals surface area contributed by atoms with Crippen molar-refractivity contribution in [2.75, 3.05) is 6.61 Å². The number of ketones is 1. The first-order chi connectivity index (χ1) is 8.59. The van der Waals surface area contributed by atoms with Crippen LogP contribution < -0.4 is 0 Å². The fourth-order valence-electron chi connectivity index (χ4n) is 1.99. The third kappa shape index (κ3) is 2.76. The van der Waals surface area contributed by atoms with Crippen molar-refractivity contribution >= 4 is 5.78 Å². The number of hydrogen-bond donors (Lipinski definition) is 3. The van der Waals surface area contributed by atoms with Gasteiger partial charge in [-0.3, -0.25) is 4.79 Å². The van der Waals surface area contributed by atoms with Crippen LogP contribution in [0.4, 0.5) is 0 Å². The van der Waals surface area contributed by atoms with Crippen molar-refractivity contribution in [1.82, 2.24) is 0 Å². The van der Waals surface area contributed by atoms with Gasteiger partial charge in [0.2, 0.25) is 0 Å². The van der Waals surface area contributed by atoms with Gasteiger partial charge in [0.15, 0.2) is 5.78 Å². The quantitative estimate of drug-likeness (QED) is 0.661. The van der Waals surface area contributed by atoms with E-state index in [9.17, 15) is 20.1 Å². The van der Waals surface area contributed by atoms with Crippen LogP contribution >= 0.6 is 0 Å². The maximum atomic E-state index is 12.0. The number of hydrogen-bond acceptors (Lipinski definition) is 5. The van der Waals surface area contributed by atoms with Gasteiger partial charge in [0.05, 0.1) is 6.61 Å². The Kier molecular flexibility index (Phi) is 4.08. The average molecular weight is 252 g/mol. The number of aliphatic hydroxyl groups is 3. The number of carbonyl (C=O) groups is 1. The van der Waals surface area contributed by atoms with Crippen molar-refractivity contribution in [3.05, 3.63) is 35.9 Å². The van der Waals surface area contributed by atoms with Crippen molar-refractivity contribution in [3.8, 4) is 0 Å². The molecule has 1 aliphatic heterocycles. The largest absolute Gasteiger partial charge is 0.388 e. The highest BCUT2D eigenvalue weighted by atomic mass is 16.5. The molecule has 5 nitrogen and oxygen atoms in total. The van der Waals surface area contributed by atoms with Gasteiger partial charge in [-0.15, -0.1) is 0 Å². The van der Waals surface area contributed by atoms with E-state index in [-0.39, 0.29) is 18.8 Å². The molecule has 1 fully saturated rings. The molecule has 0 saturated carbocycles. The highest BCUT2D eigenvalue weighted by molar-refractivity contribution is 5.86. The fraction of sp³-hybridized carbons (Fsp3) is 0.462. The SMILES string of the molecule is O=C(Cc1ccccc1)[C@H]1OC[C@H](O)[C@@H](O)[C@@H]1O. The van der Waals surface area contributed by atoms with E-state index in [2.05, 4.69) is 0 Å². The molecule has 2 rings (SSSR count). The standard InChI is InChI=1S/C13H16O5/c14-9(6-8-4-2-1-3-5-8)13-12(17)11(16)10(15)7-18-13/h1-5,10-13,15-17H,6-7H2/t10-,11+,12-,13+/m0/s1. The molecule has 0 radical (unpaired) electrons. The summed E-state index contributed by atoms with van der Waals surface area (Å²) in [6.45, 7) is -0.149. The summed E-state index contributed by atoms with van der Waals surface area (Å²) < 4.78 is 5.10. The molecule has 1 aromatic carbocycles. The summed E-state index contributed by atoms with van der Waals surface area (Å²) in [5.74, 6) is -0.306. The van der Waals surface area contributed by atoms with Gasteiger partial charge in [0.25, 0.3) is 0 Å². The van der Waals surface area contributed by atoms with E-state index in [4.69, 9.17) is 4.74 Å². The molecule has 0 amide bonds. The Morgan fingerprint density at radius 3 is 2.50 bits per heavy atom. The summed E-state index contributed by atoms with van der Waals surface area (Å²) in [7, 11) is 0. The van der Waals surface area contributed by atoms with Gasteiger partial charge in [-0.2, -0.15) is 0 Å². The minimum atomic E-state index is -1.38. The number of ether oxygens (including phenoxy) is 1. The lowest BCUT2D eigenvalue weighted by atomic mass is 9.94. The monoisotopic (exact) mass is 252 g/mol. The molecule has 0 unspecified atom stereocenters. The Balaban J connectivity index is 2.01. The molecule has 0 spiro atoms. The van der Waals surface area contributed by atoms with Gasteiger partial charge < -0.3 is 20.1 Å². The zero-order valence-corrected chi connectivity index (χ0v) is 9.77. The molecule has 4 atom stereocenters. The third-order valence-electron chi connectivity index (χ3n) is 3.04. The lowest BCUT2D eigenvalue weighted by Gasteiger charge is -2.34. The van der Waals surface area contributed by atoms with Gasteiger partial charge in [0, 0.05) is 6.42 Å². The summed E-state index contributed by atoms with van der Waals surface area (Å²) in [6, 6.07) is 9.09. The number of rotatable bonds is 3. The van der Waals surface area contributed by atoms with E-state index in [0.29, 0.717) is 0 Å². The minimum absolute atomic E-state index is 0.130. The van der Waals surface area contributed by atoms with Gasteiger partial charge in [-0.1, -0.05) is 30.3 Å². The van der Waals surface area contributed by atoms with Crippen molar-refractivity contribution < 1.29 is 24.9 Å². The lowest BCUT2D eigenvalue weighted by molar-refractivity contribution is -0.190. The smallest absolute Gasteiger partial charge is 0.168 e. The third-order valence-corrected chi connectivity index (χ3v) is 3.04. The highest BCUT2D eigenvalue weighted by Gasteiger charge is 2.40. The van der Waals surface area contributed by atoms with E-state index in [0.717, 1.165) is 5.56 Å². The van der Waals surface area contributed by atoms with E-state index in [1.807, 2.05) is 18.2 Å². The molecule has 0 aromatic heterocycles. The molecular formula is C13H16O5. The number of Topliss-reactive ketones (excluding diaryl/α,β-unsaturated/α-hetero) is 1. The molecule has 18 heavy (non-hydrogen) atoms. The Morgan fingerprint density at radius 1 is 1.17 bits per heavy atom. The van der Waals surface area contributed by atoms with E-state index in [1.54, 1.807) is 12.1 Å². The molecule has 98 valence electrons. The van der Waals surface area contributed by atoms with Crippen molar-refractivity contribution in [2.45, 2.75) is 30.8 Å². The van der Waals surface area contributed by atoms with Crippen LogP contribution in [0.2, 0.25) is 0 Å². The van der Waals surface area contributed by atoms with Crippen LogP contribution in [-0.2, 0) is 16.0 Å². The summed E-state index contributed by atoms with van der Waals surface area (Å²) in [6.07, 6.45) is -4.83. The first-order valence-corrected chi connectivity index (χ1v) is 5.82. The Bertz CT molecular complexity index is 405. The molecule has 3 N–H and O–H groups in total. The number of carbonyl (C=O) groups excluding carboxylic acids is 1. The van der Waals surface area contributed by atoms with Gasteiger partial charge >= 0.3 is 0 Å². The van der Waals surface area contributed by atoms with E-state index < -0.39 is 24.4 Å². The van der Waals surface area contributed by atoms with Crippen LogP contribution in [0.3, 0.4) is 0 Å². The maximum absolute atomic E-state index is 12.0. The molecule has 1 aromatic rings. The summed E-state index contributed by atoms with van der Waals surface area (Å²) in [4.78, 5) is 12.0. The molecule has 1 saturated heterocycles. The molecule has 0 bridgehead atoms. The molecule has 1 heterocycles. The van der Waals surface area contributed by atoms with Crippen LogP contribution in [0.1, 0.15) is 5.56 Å².